The van der Waals surface area contributed by atoms with Crippen molar-refractivity contribution in [3.05, 3.63) is 88.4 Å². The standard InChI is InChI=1S/C28H31ClN2O4/c1-4-20(3)22-10-12-25(13-11-22)34-15-16-35-26-14-9-21(17-27(26)33-5-2)19-30-31-28(32)23-7-6-8-24(29)18-23/h6-14,17-20H,4-5,15-16H2,1-3H3,(H,31,32)/b30-19+. The summed E-state index contributed by atoms with van der Waals surface area (Å²) in [6, 6.07) is 20.3. The molecule has 0 spiro atoms. The van der Waals surface area contributed by atoms with Crippen LogP contribution in [0.25, 0.3) is 0 Å². The second-order valence-electron chi connectivity index (χ2n) is 7.92. The van der Waals surface area contributed by atoms with Crippen LogP contribution in [0.1, 0.15) is 54.6 Å². The lowest BCUT2D eigenvalue weighted by Gasteiger charge is -2.14. The van der Waals surface area contributed by atoms with Crippen molar-refractivity contribution in [2.75, 3.05) is 19.8 Å². The first-order valence-corrected chi connectivity index (χ1v) is 12.1. The van der Waals surface area contributed by atoms with Crippen LogP contribution in [0.3, 0.4) is 0 Å². The van der Waals surface area contributed by atoms with Crippen LogP contribution >= 0.6 is 11.6 Å². The Kier molecular flexibility index (Phi) is 9.99. The van der Waals surface area contributed by atoms with Gasteiger partial charge in [-0.3, -0.25) is 4.79 Å². The highest BCUT2D eigenvalue weighted by Crippen LogP contribution is 2.28. The highest BCUT2D eigenvalue weighted by atomic mass is 35.5. The fraction of sp³-hybridized carbons (Fsp3) is 0.286. The molecular formula is C28H31ClN2O4. The van der Waals surface area contributed by atoms with Gasteiger partial charge in [-0.1, -0.05) is 43.6 Å². The minimum Gasteiger partial charge on any atom is -0.490 e. The second-order valence-corrected chi connectivity index (χ2v) is 8.36. The van der Waals surface area contributed by atoms with E-state index in [2.05, 4.69) is 36.5 Å². The maximum Gasteiger partial charge on any atom is 0.271 e. The molecular weight excluding hydrogens is 464 g/mol. The van der Waals surface area contributed by atoms with Crippen molar-refractivity contribution < 1.29 is 19.0 Å². The number of benzene rings is 3. The molecule has 3 aromatic rings. The van der Waals surface area contributed by atoms with Crippen molar-refractivity contribution in [1.82, 2.24) is 5.43 Å². The van der Waals surface area contributed by atoms with Gasteiger partial charge in [0.25, 0.3) is 5.91 Å². The van der Waals surface area contributed by atoms with E-state index in [1.54, 1.807) is 30.5 Å². The lowest BCUT2D eigenvalue weighted by molar-refractivity contribution is 0.0955. The molecule has 7 heteroatoms. The number of nitrogens with zero attached hydrogens (tertiary/aromatic N) is 1. The van der Waals surface area contributed by atoms with Crippen LogP contribution in [0.2, 0.25) is 5.02 Å². The van der Waals surface area contributed by atoms with E-state index in [9.17, 15) is 4.79 Å². The summed E-state index contributed by atoms with van der Waals surface area (Å²) in [4.78, 5) is 12.2. The molecule has 184 valence electrons. The van der Waals surface area contributed by atoms with Gasteiger partial charge in [0.15, 0.2) is 11.5 Å². The first-order chi connectivity index (χ1) is 17.0. The molecule has 0 fully saturated rings. The Balaban J connectivity index is 1.52. The third-order valence-electron chi connectivity index (χ3n) is 5.41. The summed E-state index contributed by atoms with van der Waals surface area (Å²) in [5.41, 5.74) is 4.99. The molecule has 0 saturated heterocycles. The largest absolute Gasteiger partial charge is 0.490 e. The zero-order valence-corrected chi connectivity index (χ0v) is 21.0. The van der Waals surface area contributed by atoms with E-state index in [-0.39, 0.29) is 5.91 Å². The van der Waals surface area contributed by atoms with Crippen LogP contribution in [-0.4, -0.2) is 31.9 Å². The molecule has 6 nitrogen and oxygen atoms in total. The van der Waals surface area contributed by atoms with Gasteiger partial charge < -0.3 is 14.2 Å². The molecule has 0 saturated carbocycles. The molecule has 0 aliphatic heterocycles. The molecule has 1 atom stereocenters. The van der Waals surface area contributed by atoms with Crippen LogP contribution in [0.4, 0.5) is 0 Å². The molecule has 0 aliphatic rings. The van der Waals surface area contributed by atoms with Crippen molar-refractivity contribution >= 4 is 23.7 Å². The first kappa shape index (κ1) is 26.1. The average molecular weight is 495 g/mol. The first-order valence-electron chi connectivity index (χ1n) is 11.7. The van der Waals surface area contributed by atoms with Crippen molar-refractivity contribution in [3.63, 3.8) is 0 Å². The van der Waals surface area contributed by atoms with E-state index >= 15 is 0 Å². The third kappa shape index (κ3) is 8.04. The summed E-state index contributed by atoms with van der Waals surface area (Å²) < 4.78 is 17.4. The number of carbonyl (C=O) groups excluding carboxylic acids is 1. The van der Waals surface area contributed by atoms with Gasteiger partial charge in [0.05, 0.1) is 12.8 Å². The molecule has 0 radical (unpaired) electrons. The van der Waals surface area contributed by atoms with E-state index in [4.69, 9.17) is 25.8 Å². The lowest BCUT2D eigenvalue weighted by Crippen LogP contribution is -2.17. The third-order valence-corrected chi connectivity index (χ3v) is 5.64. The summed E-state index contributed by atoms with van der Waals surface area (Å²) >= 11 is 5.93. The van der Waals surface area contributed by atoms with Gasteiger partial charge in [0.2, 0.25) is 0 Å². The smallest absolute Gasteiger partial charge is 0.271 e. The molecule has 1 unspecified atom stereocenters. The van der Waals surface area contributed by atoms with Crippen LogP contribution in [0.15, 0.2) is 71.8 Å². The number of hydrogen-bond acceptors (Lipinski definition) is 5. The Morgan fingerprint density at radius 3 is 2.46 bits per heavy atom. The van der Waals surface area contributed by atoms with Gasteiger partial charge in [-0.25, -0.2) is 5.43 Å². The highest BCUT2D eigenvalue weighted by Gasteiger charge is 2.08. The van der Waals surface area contributed by atoms with Gasteiger partial charge in [0, 0.05) is 10.6 Å². The number of halogens is 1. The van der Waals surface area contributed by atoms with E-state index in [1.807, 2.05) is 37.3 Å². The summed E-state index contributed by atoms with van der Waals surface area (Å²) in [7, 11) is 0. The zero-order valence-electron chi connectivity index (χ0n) is 20.3. The molecule has 1 N–H and O–H groups in total. The quantitative estimate of drug-likeness (QED) is 0.178. The monoisotopic (exact) mass is 494 g/mol. The molecule has 0 aliphatic carbocycles. The Labute approximate surface area is 211 Å². The summed E-state index contributed by atoms with van der Waals surface area (Å²) in [6.45, 7) is 7.57. The predicted octanol–water partition coefficient (Wildman–Crippen LogP) is 6.47. The highest BCUT2D eigenvalue weighted by molar-refractivity contribution is 6.30. The molecule has 35 heavy (non-hydrogen) atoms. The van der Waals surface area contributed by atoms with Crippen LogP contribution in [0.5, 0.6) is 17.2 Å². The van der Waals surface area contributed by atoms with Gasteiger partial charge in [0.1, 0.15) is 19.0 Å². The topological polar surface area (TPSA) is 69.2 Å². The lowest BCUT2D eigenvalue weighted by atomic mass is 9.99. The maximum absolute atomic E-state index is 12.2. The maximum atomic E-state index is 12.2. The normalized spacial score (nSPS) is 11.8. The number of carbonyl (C=O) groups is 1. The minimum atomic E-state index is -0.344. The predicted molar refractivity (Wildman–Crippen MR) is 140 cm³/mol. The Hall–Kier alpha value is -3.51. The van der Waals surface area contributed by atoms with Gasteiger partial charge in [-0.15, -0.1) is 0 Å². The Bertz CT molecular complexity index is 1130. The minimum absolute atomic E-state index is 0.344. The van der Waals surface area contributed by atoms with Crippen molar-refractivity contribution in [1.29, 1.82) is 0 Å². The summed E-state index contributed by atoms with van der Waals surface area (Å²) in [5, 5.41) is 4.52. The molecule has 3 rings (SSSR count). The van der Waals surface area contributed by atoms with Gasteiger partial charge in [-0.2, -0.15) is 5.10 Å². The SMILES string of the molecule is CCOc1cc(/C=N/NC(=O)c2cccc(Cl)c2)ccc1OCCOc1ccc(C(C)CC)cc1. The number of amides is 1. The number of hydrogen-bond donors (Lipinski definition) is 1. The summed E-state index contributed by atoms with van der Waals surface area (Å²) in [6.07, 6.45) is 2.65. The van der Waals surface area contributed by atoms with Crippen LogP contribution in [0, 0.1) is 0 Å². The number of rotatable bonds is 12. The summed E-state index contributed by atoms with van der Waals surface area (Å²) in [5.74, 6) is 2.22. The van der Waals surface area contributed by atoms with E-state index in [0.717, 1.165) is 17.7 Å². The average Bonchev–Trinajstić information content (AvgIpc) is 2.87. The van der Waals surface area contributed by atoms with Crippen LogP contribution in [-0.2, 0) is 0 Å². The molecule has 1 amide bonds. The van der Waals surface area contributed by atoms with Crippen LogP contribution < -0.4 is 19.6 Å². The number of ether oxygens (including phenoxy) is 3. The molecule has 0 heterocycles. The number of hydrazone groups is 1. The Morgan fingerprint density at radius 1 is 0.971 bits per heavy atom. The van der Waals surface area contributed by atoms with Crippen molar-refractivity contribution in [2.45, 2.75) is 33.1 Å². The molecule has 0 bridgehead atoms. The Morgan fingerprint density at radius 2 is 1.74 bits per heavy atom. The van der Waals surface area contributed by atoms with Gasteiger partial charge >= 0.3 is 0 Å². The number of nitrogens with one attached hydrogen (secondary N) is 1. The molecule has 3 aromatic carbocycles. The van der Waals surface area contributed by atoms with E-state index < -0.39 is 0 Å². The fourth-order valence-corrected chi connectivity index (χ4v) is 3.48. The van der Waals surface area contributed by atoms with E-state index in [0.29, 0.717) is 47.8 Å². The fourth-order valence-electron chi connectivity index (χ4n) is 3.29. The van der Waals surface area contributed by atoms with E-state index in [1.165, 1.54) is 5.56 Å². The van der Waals surface area contributed by atoms with Crippen molar-refractivity contribution in [2.24, 2.45) is 5.10 Å². The molecule has 0 aromatic heterocycles. The van der Waals surface area contributed by atoms with Crippen molar-refractivity contribution in [3.8, 4) is 17.2 Å². The second kappa shape index (κ2) is 13.4. The zero-order chi connectivity index (χ0) is 25.0. The van der Waals surface area contributed by atoms with Gasteiger partial charge in [-0.05, 0) is 78.9 Å².